The zero-order valence-corrected chi connectivity index (χ0v) is 11.7. The maximum absolute atomic E-state index is 12.8. The number of nitrogens with zero attached hydrogens (tertiary/aromatic N) is 2. The number of amides is 1. The minimum atomic E-state index is -2.43. The third kappa shape index (κ3) is 1.60. The van der Waals surface area contributed by atoms with E-state index in [9.17, 15) is 19.7 Å². The zero-order chi connectivity index (χ0) is 15.9. The van der Waals surface area contributed by atoms with Crippen LogP contribution in [-0.2, 0) is 10.3 Å². The number of anilines is 1. The van der Waals surface area contributed by atoms with Gasteiger partial charge in [-0.3, -0.25) is 19.7 Å². The standard InChI is InChI=1S/C16H12N2O4/c1-17-13-10-6-5-9-12(13)14(19)16(15(17)20,18(21)22)11-7-3-2-4-8-11/h2-10H,1H3/t16-/m0/s1. The molecule has 3 rings (SSSR count). The molecule has 2 aromatic carbocycles. The van der Waals surface area contributed by atoms with Crippen LogP contribution in [0.25, 0.3) is 0 Å². The molecule has 6 heteroatoms. The quantitative estimate of drug-likeness (QED) is 0.482. The van der Waals surface area contributed by atoms with Gasteiger partial charge in [0.1, 0.15) is 0 Å². The van der Waals surface area contributed by atoms with Crippen molar-refractivity contribution in [2.75, 3.05) is 11.9 Å². The van der Waals surface area contributed by atoms with E-state index in [1.165, 1.54) is 30.1 Å². The Kier molecular flexibility index (Phi) is 3.02. The number of Topliss-reactive ketones (excluding diaryl/α,β-unsaturated/α-hetero) is 1. The first-order valence-electron chi connectivity index (χ1n) is 6.63. The van der Waals surface area contributed by atoms with E-state index in [0.717, 1.165) is 0 Å². The number of fused-ring (bicyclic) bond motifs is 1. The van der Waals surface area contributed by atoms with E-state index >= 15 is 0 Å². The van der Waals surface area contributed by atoms with Gasteiger partial charge < -0.3 is 4.90 Å². The van der Waals surface area contributed by atoms with E-state index in [1.807, 2.05) is 0 Å². The lowest BCUT2D eigenvalue weighted by atomic mass is 9.78. The summed E-state index contributed by atoms with van der Waals surface area (Å²) in [6.07, 6.45) is 0. The molecule has 0 spiro atoms. The van der Waals surface area contributed by atoms with Crippen molar-refractivity contribution in [1.29, 1.82) is 0 Å². The van der Waals surface area contributed by atoms with Crippen LogP contribution in [0.4, 0.5) is 5.69 Å². The molecule has 0 aromatic heterocycles. The average molecular weight is 296 g/mol. The molecule has 6 nitrogen and oxygen atoms in total. The van der Waals surface area contributed by atoms with E-state index in [1.54, 1.807) is 36.4 Å². The Bertz CT molecular complexity index is 788. The molecule has 0 N–H and O–H groups in total. The van der Waals surface area contributed by atoms with Crippen molar-refractivity contribution in [3.05, 3.63) is 75.8 Å². The molecular weight excluding hydrogens is 284 g/mol. The highest BCUT2D eigenvalue weighted by atomic mass is 16.6. The monoisotopic (exact) mass is 296 g/mol. The van der Waals surface area contributed by atoms with Crippen molar-refractivity contribution in [2.24, 2.45) is 0 Å². The Labute approximate surface area is 126 Å². The zero-order valence-electron chi connectivity index (χ0n) is 11.7. The van der Waals surface area contributed by atoms with Gasteiger partial charge in [0.15, 0.2) is 0 Å². The second-order valence-corrected chi connectivity index (χ2v) is 5.04. The molecule has 0 fully saturated rings. The summed E-state index contributed by atoms with van der Waals surface area (Å²) in [6.45, 7) is 0. The molecule has 1 aliphatic heterocycles. The minimum absolute atomic E-state index is 0.0661. The summed E-state index contributed by atoms with van der Waals surface area (Å²) in [7, 11) is 1.44. The van der Waals surface area contributed by atoms with Crippen LogP contribution >= 0.6 is 0 Å². The van der Waals surface area contributed by atoms with Crippen LogP contribution in [0.3, 0.4) is 0 Å². The maximum Gasteiger partial charge on any atom is 0.385 e. The number of rotatable bonds is 2. The molecule has 110 valence electrons. The Balaban J connectivity index is 2.35. The van der Waals surface area contributed by atoms with Crippen molar-refractivity contribution < 1.29 is 14.5 Å². The number of benzene rings is 2. The fourth-order valence-corrected chi connectivity index (χ4v) is 2.80. The van der Waals surface area contributed by atoms with E-state index in [4.69, 9.17) is 0 Å². The smallest absolute Gasteiger partial charge is 0.308 e. The number of carbonyl (C=O) groups excluding carboxylic acids is 2. The molecule has 0 bridgehead atoms. The summed E-state index contributed by atoms with van der Waals surface area (Å²) in [5, 5.41) is 11.8. The second-order valence-electron chi connectivity index (χ2n) is 5.04. The van der Waals surface area contributed by atoms with E-state index < -0.39 is 22.2 Å². The maximum atomic E-state index is 12.8. The minimum Gasteiger partial charge on any atom is -0.308 e. The molecular formula is C16H12N2O4. The van der Waals surface area contributed by atoms with Crippen LogP contribution in [0.2, 0.25) is 0 Å². The summed E-state index contributed by atoms with van der Waals surface area (Å²) in [6, 6.07) is 14.1. The van der Waals surface area contributed by atoms with Crippen molar-refractivity contribution in [2.45, 2.75) is 5.54 Å². The molecule has 0 unspecified atom stereocenters. The van der Waals surface area contributed by atoms with E-state index in [0.29, 0.717) is 5.69 Å². The normalized spacial score (nSPS) is 20.7. The molecule has 1 heterocycles. The van der Waals surface area contributed by atoms with Crippen molar-refractivity contribution in [1.82, 2.24) is 0 Å². The van der Waals surface area contributed by atoms with Gasteiger partial charge in [0.2, 0.25) is 0 Å². The Morgan fingerprint density at radius 3 is 2.23 bits per heavy atom. The van der Waals surface area contributed by atoms with Gasteiger partial charge in [0.25, 0.3) is 5.78 Å². The van der Waals surface area contributed by atoms with Crippen LogP contribution in [-0.4, -0.2) is 23.7 Å². The van der Waals surface area contributed by atoms with Gasteiger partial charge >= 0.3 is 11.4 Å². The summed E-state index contributed by atoms with van der Waals surface area (Å²) < 4.78 is 0. The van der Waals surface area contributed by atoms with Gasteiger partial charge in [-0.05, 0) is 12.1 Å². The number of likely N-dealkylation sites (N-methyl/N-ethyl adjacent to an activating group) is 1. The summed E-state index contributed by atoms with van der Waals surface area (Å²) in [4.78, 5) is 37.7. The number of para-hydroxylation sites is 1. The van der Waals surface area contributed by atoms with Crippen molar-refractivity contribution >= 4 is 17.4 Å². The largest absolute Gasteiger partial charge is 0.385 e. The molecule has 0 radical (unpaired) electrons. The average Bonchev–Trinajstić information content (AvgIpc) is 2.54. The lowest BCUT2D eigenvalue weighted by Gasteiger charge is -2.33. The predicted octanol–water partition coefficient (Wildman–Crippen LogP) is 2.02. The third-order valence-electron chi connectivity index (χ3n) is 3.92. The van der Waals surface area contributed by atoms with Gasteiger partial charge in [0, 0.05) is 17.5 Å². The third-order valence-corrected chi connectivity index (χ3v) is 3.92. The molecule has 0 saturated carbocycles. The SMILES string of the molecule is CN1C(=O)[C@@](c2ccccc2)([N+](=O)[O-])C(=O)c2ccccc21. The fraction of sp³-hybridized carbons (Fsp3) is 0.125. The summed E-state index contributed by atoms with van der Waals surface area (Å²) in [5.41, 5.74) is -1.81. The molecule has 1 amide bonds. The van der Waals surface area contributed by atoms with Gasteiger partial charge in [-0.25, -0.2) is 0 Å². The Hall–Kier alpha value is -3.02. The highest BCUT2D eigenvalue weighted by molar-refractivity contribution is 6.27. The lowest BCUT2D eigenvalue weighted by Crippen LogP contribution is -2.59. The first-order chi connectivity index (χ1) is 10.5. The number of nitro groups is 1. The molecule has 0 aliphatic carbocycles. The van der Waals surface area contributed by atoms with Crippen LogP contribution < -0.4 is 4.90 Å². The van der Waals surface area contributed by atoms with E-state index in [-0.39, 0.29) is 11.1 Å². The molecule has 0 saturated heterocycles. The summed E-state index contributed by atoms with van der Waals surface area (Å²) >= 11 is 0. The number of ketones is 1. The van der Waals surface area contributed by atoms with Gasteiger partial charge in [-0.2, -0.15) is 0 Å². The van der Waals surface area contributed by atoms with Crippen LogP contribution in [0, 0.1) is 10.1 Å². The second kappa shape index (κ2) is 4.77. The number of hydrogen-bond acceptors (Lipinski definition) is 4. The van der Waals surface area contributed by atoms with Crippen molar-refractivity contribution in [3.8, 4) is 0 Å². The van der Waals surface area contributed by atoms with E-state index in [2.05, 4.69) is 0 Å². The van der Waals surface area contributed by atoms with Gasteiger partial charge in [-0.1, -0.05) is 42.5 Å². The molecule has 1 aliphatic rings. The fourth-order valence-electron chi connectivity index (χ4n) is 2.80. The van der Waals surface area contributed by atoms with Crippen LogP contribution in [0.15, 0.2) is 54.6 Å². The van der Waals surface area contributed by atoms with Gasteiger partial charge in [-0.15, -0.1) is 0 Å². The number of carbonyl (C=O) groups is 2. The first kappa shape index (κ1) is 13.9. The highest BCUT2D eigenvalue weighted by Crippen LogP contribution is 2.39. The highest BCUT2D eigenvalue weighted by Gasteiger charge is 2.64. The lowest BCUT2D eigenvalue weighted by molar-refractivity contribution is -0.541. The van der Waals surface area contributed by atoms with Gasteiger partial charge in [0.05, 0.1) is 11.3 Å². The van der Waals surface area contributed by atoms with Crippen LogP contribution in [0.5, 0.6) is 0 Å². The molecule has 22 heavy (non-hydrogen) atoms. The Morgan fingerprint density at radius 1 is 1.00 bits per heavy atom. The molecule has 2 aromatic rings. The topological polar surface area (TPSA) is 80.5 Å². The predicted molar refractivity (Wildman–Crippen MR) is 79.3 cm³/mol. The molecule has 1 atom stereocenters. The first-order valence-corrected chi connectivity index (χ1v) is 6.63. The number of hydrogen-bond donors (Lipinski definition) is 0. The Morgan fingerprint density at radius 2 is 1.59 bits per heavy atom. The van der Waals surface area contributed by atoms with Crippen molar-refractivity contribution in [3.63, 3.8) is 0 Å². The summed E-state index contributed by atoms with van der Waals surface area (Å²) in [5.74, 6) is -1.66. The van der Waals surface area contributed by atoms with Crippen LogP contribution in [0.1, 0.15) is 15.9 Å².